The van der Waals surface area contributed by atoms with Crippen molar-refractivity contribution in [3.63, 3.8) is 0 Å². The lowest BCUT2D eigenvalue weighted by molar-refractivity contribution is -0.130. The molecule has 0 unspecified atom stereocenters. The summed E-state index contributed by atoms with van der Waals surface area (Å²) >= 11 is 0. The van der Waals surface area contributed by atoms with Crippen LogP contribution in [0.5, 0.6) is 5.75 Å². The van der Waals surface area contributed by atoms with Gasteiger partial charge in [0.1, 0.15) is 16.9 Å². The molecular weight excluding hydrogens is 344 g/mol. The molecule has 6 nitrogen and oxygen atoms in total. The summed E-state index contributed by atoms with van der Waals surface area (Å²) < 4.78 is 5.24. The first-order valence-corrected chi connectivity index (χ1v) is 9.11. The normalized spacial score (nSPS) is 16.9. The number of aromatic hydroxyl groups is 1. The summed E-state index contributed by atoms with van der Waals surface area (Å²) in [4.78, 5) is 24.9. The number of carbonyl (C=O) groups excluding carboxylic acids is 2. The summed E-state index contributed by atoms with van der Waals surface area (Å²) in [5.74, 6) is -1.46. The van der Waals surface area contributed by atoms with E-state index in [2.05, 4.69) is 11.4 Å². The maximum atomic E-state index is 12.4. The van der Waals surface area contributed by atoms with Gasteiger partial charge >= 0.3 is 5.97 Å². The highest BCUT2D eigenvalue weighted by Gasteiger charge is 2.35. The molecule has 0 aromatic heterocycles. The largest absolute Gasteiger partial charge is 0.506 e. The number of ether oxygens (including phenoxy) is 1. The Balaban J connectivity index is 1.71. The van der Waals surface area contributed by atoms with Gasteiger partial charge in [0.15, 0.2) is 6.10 Å². The fourth-order valence-corrected chi connectivity index (χ4v) is 3.45. The van der Waals surface area contributed by atoms with Crippen LogP contribution in [0.2, 0.25) is 0 Å². The second kappa shape index (κ2) is 7.67. The molecule has 3 rings (SSSR count). The van der Waals surface area contributed by atoms with Crippen molar-refractivity contribution >= 4 is 22.6 Å². The Bertz CT molecular complexity index is 910. The molecule has 6 heteroatoms. The molecule has 2 N–H and O–H groups in total. The van der Waals surface area contributed by atoms with Crippen LogP contribution >= 0.6 is 0 Å². The molecule has 2 aromatic carbocycles. The number of rotatable bonds is 4. The van der Waals surface area contributed by atoms with Crippen LogP contribution in [0, 0.1) is 11.3 Å². The quantitative estimate of drug-likeness (QED) is 0.808. The van der Waals surface area contributed by atoms with E-state index in [1.54, 1.807) is 18.2 Å². The minimum atomic E-state index is -1.07. The highest BCUT2D eigenvalue weighted by atomic mass is 16.5. The topological polar surface area (TPSA) is 99.4 Å². The van der Waals surface area contributed by atoms with Crippen LogP contribution in [0.3, 0.4) is 0 Å². The van der Waals surface area contributed by atoms with Crippen molar-refractivity contribution in [3.8, 4) is 11.8 Å². The number of esters is 1. The van der Waals surface area contributed by atoms with Crippen molar-refractivity contribution in [2.24, 2.45) is 0 Å². The third-order valence-electron chi connectivity index (χ3n) is 5.06. The number of phenols is 1. The summed E-state index contributed by atoms with van der Waals surface area (Å²) in [7, 11) is 0. The molecule has 1 aliphatic carbocycles. The van der Waals surface area contributed by atoms with Gasteiger partial charge in [-0.15, -0.1) is 0 Å². The second-order valence-electron chi connectivity index (χ2n) is 6.97. The van der Waals surface area contributed by atoms with E-state index in [0.717, 1.165) is 24.6 Å². The zero-order valence-electron chi connectivity index (χ0n) is 15.2. The van der Waals surface area contributed by atoms with Crippen LogP contribution in [0.4, 0.5) is 0 Å². The van der Waals surface area contributed by atoms with Crippen LogP contribution in [-0.2, 0) is 9.53 Å². The minimum Gasteiger partial charge on any atom is -0.506 e. The monoisotopic (exact) mass is 366 g/mol. The van der Waals surface area contributed by atoms with E-state index >= 15 is 0 Å². The Kier molecular flexibility index (Phi) is 5.31. The van der Waals surface area contributed by atoms with E-state index < -0.39 is 23.5 Å². The van der Waals surface area contributed by atoms with Gasteiger partial charge in [-0.25, -0.2) is 4.79 Å². The highest BCUT2D eigenvalue weighted by molar-refractivity contribution is 6.01. The second-order valence-corrected chi connectivity index (χ2v) is 6.97. The first kappa shape index (κ1) is 18.7. The van der Waals surface area contributed by atoms with Gasteiger partial charge in [0.05, 0.1) is 6.07 Å². The Hall–Kier alpha value is -3.07. The summed E-state index contributed by atoms with van der Waals surface area (Å²) in [6, 6.07) is 12.5. The molecule has 0 radical (unpaired) electrons. The van der Waals surface area contributed by atoms with E-state index in [0.29, 0.717) is 18.2 Å². The Morgan fingerprint density at radius 3 is 2.59 bits per heavy atom. The molecule has 0 heterocycles. The van der Waals surface area contributed by atoms with Crippen molar-refractivity contribution in [3.05, 3.63) is 42.0 Å². The van der Waals surface area contributed by atoms with Crippen molar-refractivity contribution < 1.29 is 19.4 Å². The molecule has 0 spiro atoms. The van der Waals surface area contributed by atoms with Gasteiger partial charge in [0.2, 0.25) is 0 Å². The first-order chi connectivity index (χ1) is 13.0. The lowest BCUT2D eigenvalue weighted by Crippen LogP contribution is -2.52. The minimum absolute atomic E-state index is 0.000938. The van der Waals surface area contributed by atoms with Gasteiger partial charge in [-0.2, -0.15) is 5.26 Å². The number of amides is 1. The average Bonchev–Trinajstić information content (AvgIpc) is 2.69. The van der Waals surface area contributed by atoms with Gasteiger partial charge in [-0.3, -0.25) is 4.79 Å². The maximum Gasteiger partial charge on any atom is 0.342 e. The van der Waals surface area contributed by atoms with Gasteiger partial charge in [-0.1, -0.05) is 49.6 Å². The molecule has 2 aromatic rings. The lowest BCUT2D eigenvalue weighted by atomic mass is 9.83. The van der Waals surface area contributed by atoms with Gasteiger partial charge < -0.3 is 15.2 Å². The molecule has 1 saturated carbocycles. The molecule has 1 aliphatic rings. The van der Waals surface area contributed by atoms with Crippen molar-refractivity contribution in [1.82, 2.24) is 5.32 Å². The predicted octanol–water partition coefficient (Wildman–Crippen LogP) is 3.43. The highest BCUT2D eigenvalue weighted by Crippen LogP contribution is 2.30. The van der Waals surface area contributed by atoms with E-state index in [9.17, 15) is 20.0 Å². The fourth-order valence-electron chi connectivity index (χ4n) is 3.45. The third kappa shape index (κ3) is 3.87. The summed E-state index contributed by atoms with van der Waals surface area (Å²) in [5.41, 5.74) is -0.887. The number of benzene rings is 2. The standard InChI is InChI=1S/C21H22N2O4/c1-14(19(25)23-21(13-22)11-5-2-6-12-21)27-20(26)17-10-9-15-7-3-4-8-16(15)18(17)24/h3-4,7-10,14,24H,2,5-6,11-12H2,1H3,(H,23,25)/t14-/m0/s1. The maximum absolute atomic E-state index is 12.4. The lowest BCUT2D eigenvalue weighted by Gasteiger charge is -2.32. The van der Waals surface area contributed by atoms with Gasteiger partial charge in [0, 0.05) is 5.39 Å². The van der Waals surface area contributed by atoms with Crippen LogP contribution in [0.1, 0.15) is 49.4 Å². The number of nitrogens with zero attached hydrogens (tertiary/aromatic N) is 1. The van der Waals surface area contributed by atoms with Gasteiger partial charge in [-0.05, 0) is 31.2 Å². The average molecular weight is 366 g/mol. The predicted molar refractivity (Wildman–Crippen MR) is 100 cm³/mol. The number of nitrogens with one attached hydrogen (secondary N) is 1. The molecule has 1 atom stereocenters. The molecule has 27 heavy (non-hydrogen) atoms. The Labute approximate surface area is 157 Å². The zero-order valence-corrected chi connectivity index (χ0v) is 15.2. The van der Waals surface area contributed by atoms with Crippen molar-refractivity contribution in [2.75, 3.05) is 0 Å². The number of nitriles is 1. The number of fused-ring (bicyclic) bond motifs is 1. The molecular formula is C21H22N2O4. The van der Waals surface area contributed by atoms with Crippen LogP contribution < -0.4 is 5.32 Å². The van der Waals surface area contributed by atoms with Crippen molar-refractivity contribution in [1.29, 1.82) is 5.26 Å². The Morgan fingerprint density at radius 1 is 1.19 bits per heavy atom. The van der Waals surface area contributed by atoms with E-state index in [-0.39, 0.29) is 11.3 Å². The van der Waals surface area contributed by atoms with E-state index in [1.807, 2.05) is 12.1 Å². The molecule has 0 bridgehead atoms. The summed E-state index contributed by atoms with van der Waals surface area (Å²) in [6.07, 6.45) is 2.93. The van der Waals surface area contributed by atoms with Crippen LogP contribution in [0.25, 0.3) is 10.8 Å². The van der Waals surface area contributed by atoms with Crippen molar-refractivity contribution in [2.45, 2.75) is 50.7 Å². The SMILES string of the molecule is C[C@H](OC(=O)c1ccc2ccccc2c1O)C(=O)NC1(C#N)CCCCC1. The molecule has 1 fully saturated rings. The summed E-state index contributed by atoms with van der Waals surface area (Å²) in [6.45, 7) is 1.46. The Morgan fingerprint density at radius 2 is 1.89 bits per heavy atom. The van der Waals surface area contributed by atoms with E-state index in [4.69, 9.17) is 4.74 Å². The van der Waals surface area contributed by atoms with E-state index in [1.165, 1.54) is 13.0 Å². The molecule has 1 amide bonds. The molecule has 0 aliphatic heterocycles. The fraction of sp³-hybridized carbons (Fsp3) is 0.381. The zero-order chi connectivity index (χ0) is 19.4. The molecule has 0 saturated heterocycles. The van der Waals surface area contributed by atoms with Crippen LogP contribution in [0.15, 0.2) is 36.4 Å². The molecule has 140 valence electrons. The number of hydrogen-bond donors (Lipinski definition) is 2. The number of phenolic OH excluding ortho intramolecular Hbond substituents is 1. The third-order valence-corrected chi connectivity index (χ3v) is 5.06. The first-order valence-electron chi connectivity index (χ1n) is 9.11. The van der Waals surface area contributed by atoms with Crippen LogP contribution in [-0.4, -0.2) is 28.6 Å². The number of hydrogen-bond acceptors (Lipinski definition) is 5. The smallest absolute Gasteiger partial charge is 0.342 e. The summed E-state index contributed by atoms with van der Waals surface area (Å²) in [5, 5.41) is 23.9. The number of carbonyl (C=O) groups is 2. The van der Waals surface area contributed by atoms with Gasteiger partial charge in [0.25, 0.3) is 5.91 Å².